The van der Waals surface area contributed by atoms with Crippen LogP contribution in [-0.2, 0) is 0 Å². The highest BCUT2D eigenvalue weighted by molar-refractivity contribution is 4.87. The van der Waals surface area contributed by atoms with Crippen LogP contribution >= 0.6 is 0 Å². The van der Waals surface area contributed by atoms with E-state index < -0.39 is 0 Å². The lowest BCUT2D eigenvalue weighted by Gasteiger charge is -2.39. The van der Waals surface area contributed by atoms with E-state index in [1.54, 1.807) is 0 Å². The molecule has 0 heterocycles. The predicted molar refractivity (Wildman–Crippen MR) is 84.0 cm³/mol. The van der Waals surface area contributed by atoms with E-state index in [4.69, 9.17) is 5.73 Å². The third-order valence-corrected chi connectivity index (χ3v) is 6.32. The van der Waals surface area contributed by atoms with Crippen molar-refractivity contribution < 1.29 is 0 Å². The fraction of sp³-hybridized carbons (Fsp3) is 1.00. The van der Waals surface area contributed by atoms with Crippen LogP contribution < -0.4 is 5.73 Å². The highest BCUT2D eigenvalue weighted by atomic mass is 14.7. The number of nitrogens with two attached hydrogens (primary N) is 1. The zero-order chi connectivity index (χ0) is 13.8. The maximum atomic E-state index is 6.63. The summed E-state index contributed by atoms with van der Waals surface area (Å²) in [6.45, 7) is 7.12. The molecule has 2 fully saturated rings. The van der Waals surface area contributed by atoms with Gasteiger partial charge in [0.15, 0.2) is 0 Å². The third-order valence-electron chi connectivity index (χ3n) is 6.32. The summed E-state index contributed by atoms with van der Waals surface area (Å²) >= 11 is 0. The Morgan fingerprint density at radius 2 is 1.21 bits per heavy atom. The van der Waals surface area contributed by atoms with Gasteiger partial charge in [0.2, 0.25) is 0 Å². The average Bonchev–Trinajstić information content (AvgIpc) is 2.46. The molecule has 0 amide bonds. The summed E-state index contributed by atoms with van der Waals surface area (Å²) in [6.07, 6.45) is 12.7. The Hall–Kier alpha value is -0.0400. The van der Waals surface area contributed by atoms with Gasteiger partial charge in [0.1, 0.15) is 0 Å². The monoisotopic (exact) mass is 265 g/mol. The highest BCUT2D eigenvalue weighted by Gasteiger charge is 2.32. The highest BCUT2D eigenvalue weighted by Crippen LogP contribution is 2.39. The zero-order valence-corrected chi connectivity index (χ0v) is 13.4. The second-order valence-electron chi connectivity index (χ2n) is 7.69. The van der Waals surface area contributed by atoms with Gasteiger partial charge in [0.05, 0.1) is 0 Å². The Kier molecular flexibility index (Phi) is 5.74. The molecular formula is C18H35N. The van der Waals surface area contributed by atoms with Crippen LogP contribution in [0.5, 0.6) is 0 Å². The minimum absolute atomic E-state index is 0.505. The van der Waals surface area contributed by atoms with Crippen LogP contribution in [0.2, 0.25) is 0 Å². The molecule has 1 nitrogen and oxygen atoms in total. The molecule has 2 aliphatic carbocycles. The van der Waals surface area contributed by atoms with E-state index in [1.807, 2.05) is 0 Å². The summed E-state index contributed by atoms with van der Waals surface area (Å²) in [5.41, 5.74) is 6.63. The van der Waals surface area contributed by atoms with Crippen LogP contribution in [0.1, 0.15) is 78.6 Å². The Balaban J connectivity index is 1.77. The molecule has 0 aromatic heterocycles. The lowest BCUT2D eigenvalue weighted by molar-refractivity contribution is 0.147. The molecule has 19 heavy (non-hydrogen) atoms. The molecule has 2 N–H and O–H groups in total. The Bertz CT molecular complexity index is 244. The van der Waals surface area contributed by atoms with E-state index in [9.17, 15) is 0 Å². The van der Waals surface area contributed by atoms with Crippen molar-refractivity contribution in [1.82, 2.24) is 0 Å². The molecule has 2 saturated carbocycles. The topological polar surface area (TPSA) is 26.0 Å². The summed E-state index contributed by atoms with van der Waals surface area (Å²) in [4.78, 5) is 0. The maximum Gasteiger partial charge on any atom is 0.00956 e. The Morgan fingerprint density at radius 3 is 1.63 bits per heavy atom. The van der Waals surface area contributed by atoms with Gasteiger partial charge in [-0.3, -0.25) is 0 Å². The molecule has 0 spiro atoms. The van der Waals surface area contributed by atoms with Crippen molar-refractivity contribution in [3.05, 3.63) is 0 Å². The van der Waals surface area contributed by atoms with Gasteiger partial charge in [-0.1, -0.05) is 40.0 Å². The van der Waals surface area contributed by atoms with Gasteiger partial charge < -0.3 is 5.73 Å². The fourth-order valence-corrected chi connectivity index (χ4v) is 4.56. The summed E-state index contributed by atoms with van der Waals surface area (Å²) in [7, 11) is 0. The van der Waals surface area contributed by atoms with Crippen molar-refractivity contribution in [3.8, 4) is 0 Å². The van der Waals surface area contributed by atoms with Gasteiger partial charge >= 0.3 is 0 Å². The first-order valence-electron chi connectivity index (χ1n) is 8.87. The van der Waals surface area contributed by atoms with E-state index in [2.05, 4.69) is 20.8 Å². The van der Waals surface area contributed by atoms with Crippen LogP contribution in [0.25, 0.3) is 0 Å². The largest absolute Gasteiger partial charge is 0.327 e. The van der Waals surface area contributed by atoms with Crippen LogP contribution in [0.15, 0.2) is 0 Å². The first-order chi connectivity index (χ1) is 9.11. The molecular weight excluding hydrogens is 230 g/mol. The molecule has 0 bridgehead atoms. The molecule has 2 aliphatic rings. The van der Waals surface area contributed by atoms with Crippen molar-refractivity contribution >= 4 is 0 Å². The second kappa shape index (κ2) is 7.11. The minimum atomic E-state index is 0.505. The molecule has 0 aliphatic heterocycles. The lowest BCUT2D eigenvalue weighted by Crippen LogP contribution is -2.41. The van der Waals surface area contributed by atoms with Crippen molar-refractivity contribution in [2.24, 2.45) is 35.3 Å². The van der Waals surface area contributed by atoms with Crippen molar-refractivity contribution in [3.63, 3.8) is 0 Å². The first kappa shape index (κ1) is 15.4. The molecule has 1 unspecified atom stereocenters. The summed E-state index contributed by atoms with van der Waals surface area (Å²) in [5.74, 6) is 4.51. The van der Waals surface area contributed by atoms with Gasteiger partial charge in [-0.25, -0.2) is 0 Å². The SMILES string of the molecule is CCC1CCC(C(N)C2CCC(C(C)C)CC2)CC1. The first-order valence-corrected chi connectivity index (χ1v) is 8.87. The third kappa shape index (κ3) is 3.97. The van der Waals surface area contributed by atoms with Gasteiger partial charge in [0, 0.05) is 6.04 Å². The van der Waals surface area contributed by atoms with Crippen molar-refractivity contribution in [2.45, 2.75) is 84.6 Å². The van der Waals surface area contributed by atoms with Gasteiger partial charge in [-0.15, -0.1) is 0 Å². The molecule has 0 aromatic rings. The summed E-state index contributed by atoms with van der Waals surface area (Å²) < 4.78 is 0. The minimum Gasteiger partial charge on any atom is -0.327 e. The van der Waals surface area contributed by atoms with E-state index in [1.165, 1.54) is 57.8 Å². The maximum absolute atomic E-state index is 6.63. The number of hydrogen-bond donors (Lipinski definition) is 1. The van der Waals surface area contributed by atoms with Crippen LogP contribution in [0, 0.1) is 29.6 Å². The van der Waals surface area contributed by atoms with E-state index >= 15 is 0 Å². The quantitative estimate of drug-likeness (QED) is 0.761. The molecule has 0 radical (unpaired) electrons. The lowest BCUT2D eigenvalue weighted by atomic mass is 9.69. The average molecular weight is 265 g/mol. The van der Waals surface area contributed by atoms with Crippen LogP contribution in [-0.4, -0.2) is 6.04 Å². The smallest absolute Gasteiger partial charge is 0.00956 e. The normalized spacial score (nSPS) is 38.4. The molecule has 112 valence electrons. The summed E-state index contributed by atoms with van der Waals surface area (Å²) in [5, 5.41) is 0. The molecule has 1 heteroatoms. The number of rotatable bonds is 4. The van der Waals surface area contributed by atoms with Gasteiger partial charge in [0.25, 0.3) is 0 Å². The molecule has 1 atom stereocenters. The van der Waals surface area contributed by atoms with E-state index in [0.29, 0.717) is 6.04 Å². The Morgan fingerprint density at radius 1 is 0.789 bits per heavy atom. The summed E-state index contributed by atoms with van der Waals surface area (Å²) in [6, 6.07) is 0.505. The van der Waals surface area contributed by atoms with E-state index in [-0.39, 0.29) is 0 Å². The number of hydrogen-bond acceptors (Lipinski definition) is 1. The Labute approximate surface area is 120 Å². The van der Waals surface area contributed by atoms with Gasteiger partial charge in [-0.2, -0.15) is 0 Å². The molecule has 0 saturated heterocycles. The molecule has 0 aromatic carbocycles. The fourth-order valence-electron chi connectivity index (χ4n) is 4.56. The predicted octanol–water partition coefficient (Wildman–Crippen LogP) is 4.99. The van der Waals surface area contributed by atoms with E-state index in [0.717, 1.165) is 29.6 Å². The second-order valence-corrected chi connectivity index (χ2v) is 7.69. The van der Waals surface area contributed by atoms with Crippen molar-refractivity contribution in [2.75, 3.05) is 0 Å². The van der Waals surface area contributed by atoms with Crippen LogP contribution in [0.3, 0.4) is 0 Å². The molecule has 2 rings (SSSR count). The van der Waals surface area contributed by atoms with Gasteiger partial charge in [-0.05, 0) is 68.1 Å². The van der Waals surface area contributed by atoms with Crippen molar-refractivity contribution in [1.29, 1.82) is 0 Å². The zero-order valence-electron chi connectivity index (χ0n) is 13.4. The van der Waals surface area contributed by atoms with Crippen LogP contribution in [0.4, 0.5) is 0 Å². The standard InChI is InChI=1S/C18H35N/c1-4-14-5-7-16(8-6-14)18(19)17-11-9-15(10-12-17)13(2)3/h13-18H,4-12,19H2,1-3H3.